The summed E-state index contributed by atoms with van der Waals surface area (Å²) in [5, 5.41) is 0. The van der Waals surface area contributed by atoms with Crippen molar-refractivity contribution >= 4 is 5.78 Å². The van der Waals surface area contributed by atoms with Crippen LogP contribution in [0.4, 0.5) is 0 Å². The molecule has 2 nitrogen and oxygen atoms in total. The van der Waals surface area contributed by atoms with Crippen LogP contribution in [-0.2, 0) is 6.42 Å². The van der Waals surface area contributed by atoms with E-state index in [1.165, 1.54) is 6.08 Å². The molecular formula is C10H13NO. The van der Waals surface area contributed by atoms with Crippen molar-refractivity contribution in [2.24, 2.45) is 0 Å². The third-order valence-corrected chi connectivity index (χ3v) is 1.69. The van der Waals surface area contributed by atoms with E-state index >= 15 is 0 Å². The fourth-order valence-corrected chi connectivity index (χ4v) is 1.04. The molecule has 0 bridgehead atoms. The molecule has 2 heteroatoms. The van der Waals surface area contributed by atoms with Gasteiger partial charge in [-0.05, 0) is 24.1 Å². The Kier molecular flexibility index (Phi) is 2.75. The summed E-state index contributed by atoms with van der Waals surface area (Å²) in [5.74, 6) is -0.104. The number of pyridine rings is 1. The molecule has 0 fully saturated rings. The molecule has 12 heavy (non-hydrogen) atoms. The predicted octanol–water partition coefficient (Wildman–Crippen LogP) is 2.26. The third kappa shape index (κ3) is 1.59. The molecule has 0 aliphatic rings. The fraction of sp³-hybridized carbons (Fsp3) is 0.200. The van der Waals surface area contributed by atoms with Gasteiger partial charge in [0.15, 0.2) is 0 Å². The number of hydrogen-bond acceptors (Lipinski definition) is 2. The number of ketones is 1. The lowest BCUT2D eigenvalue weighted by molar-refractivity contribution is 0.104. The van der Waals surface area contributed by atoms with E-state index in [4.69, 9.17) is 0 Å². The van der Waals surface area contributed by atoms with Crippen molar-refractivity contribution in [2.45, 2.75) is 13.3 Å². The van der Waals surface area contributed by atoms with Crippen molar-refractivity contribution in [3.05, 3.63) is 42.2 Å². The molecule has 0 radical (unpaired) electrons. The number of aromatic nitrogens is 1. The fourth-order valence-electron chi connectivity index (χ4n) is 1.04. The number of rotatable bonds is 3. The lowest BCUT2D eigenvalue weighted by Crippen LogP contribution is -2.02. The number of carbonyl (C=O) groups excluding carboxylic acids is 1. The van der Waals surface area contributed by atoms with Gasteiger partial charge in [-0.25, -0.2) is 0 Å². The number of allylic oxidation sites excluding steroid dienone is 1. The van der Waals surface area contributed by atoms with E-state index in [1.807, 2.05) is 19.1 Å². The first-order chi connectivity index (χ1) is 5.79. The smallest absolute Gasteiger partial charge is 0.203 e. The normalized spacial score (nSPS) is 9.42. The quantitative estimate of drug-likeness (QED) is 0.505. The maximum absolute atomic E-state index is 11.2. The summed E-state index contributed by atoms with van der Waals surface area (Å²) in [6.07, 6.45) is 3.74. The zero-order valence-electron chi connectivity index (χ0n) is 7.08. The molecule has 64 valence electrons. The second-order valence-electron chi connectivity index (χ2n) is 2.43. The molecular weight excluding hydrogens is 150 g/mol. The minimum absolute atomic E-state index is 0. The first-order valence-corrected chi connectivity index (χ1v) is 3.90. The van der Waals surface area contributed by atoms with Gasteiger partial charge < -0.3 is 0 Å². The van der Waals surface area contributed by atoms with Crippen LogP contribution in [0, 0.1) is 0 Å². The largest absolute Gasteiger partial charge is 0.288 e. The van der Waals surface area contributed by atoms with E-state index in [-0.39, 0.29) is 7.21 Å². The maximum atomic E-state index is 11.2. The number of hydrogen-bond donors (Lipinski definition) is 0. The number of carbonyl (C=O) groups is 1. The molecule has 0 atom stereocenters. The molecule has 0 spiro atoms. The second kappa shape index (κ2) is 3.81. The Labute approximate surface area is 73.4 Å². The summed E-state index contributed by atoms with van der Waals surface area (Å²) >= 11 is 0. The third-order valence-electron chi connectivity index (χ3n) is 1.69. The van der Waals surface area contributed by atoms with Crippen LogP contribution < -0.4 is 0 Å². The maximum Gasteiger partial charge on any atom is 0.203 e. The van der Waals surface area contributed by atoms with Gasteiger partial charge >= 0.3 is 0 Å². The van der Waals surface area contributed by atoms with Crippen LogP contribution in [0.3, 0.4) is 0 Å². The van der Waals surface area contributed by atoms with Crippen LogP contribution in [0.5, 0.6) is 0 Å². The molecule has 1 rings (SSSR count). The number of aryl methyl sites for hydroxylation is 1. The minimum Gasteiger partial charge on any atom is -0.288 e. The van der Waals surface area contributed by atoms with E-state index in [0.29, 0.717) is 5.69 Å². The van der Waals surface area contributed by atoms with Crippen LogP contribution in [-0.4, -0.2) is 10.8 Å². The summed E-state index contributed by atoms with van der Waals surface area (Å²) in [6, 6.07) is 3.74. The van der Waals surface area contributed by atoms with Gasteiger partial charge in [0.2, 0.25) is 5.78 Å². The first kappa shape index (κ1) is 8.65. The predicted molar refractivity (Wildman–Crippen MR) is 50.3 cm³/mol. The van der Waals surface area contributed by atoms with E-state index in [0.717, 1.165) is 12.0 Å². The summed E-state index contributed by atoms with van der Waals surface area (Å²) in [6.45, 7) is 5.42. The van der Waals surface area contributed by atoms with Crippen LogP contribution in [0.25, 0.3) is 0 Å². The molecule has 1 heterocycles. The minimum atomic E-state index is -0.104. The molecule has 1 aromatic heterocycles. The molecule has 0 amide bonds. The Hall–Kier alpha value is -1.44. The van der Waals surface area contributed by atoms with E-state index < -0.39 is 0 Å². The van der Waals surface area contributed by atoms with Crippen molar-refractivity contribution in [1.82, 2.24) is 4.98 Å². The summed E-state index contributed by atoms with van der Waals surface area (Å²) in [7, 11) is 0. The van der Waals surface area contributed by atoms with Gasteiger partial charge in [-0.2, -0.15) is 0 Å². The average molecular weight is 163 g/mol. The monoisotopic (exact) mass is 163 g/mol. The Morgan fingerprint density at radius 3 is 3.17 bits per heavy atom. The van der Waals surface area contributed by atoms with E-state index in [9.17, 15) is 4.79 Å². The van der Waals surface area contributed by atoms with Gasteiger partial charge in [-0.1, -0.05) is 19.6 Å². The molecule has 0 unspecified atom stereocenters. The molecule has 0 saturated carbocycles. The van der Waals surface area contributed by atoms with Gasteiger partial charge in [0.1, 0.15) is 5.69 Å². The van der Waals surface area contributed by atoms with Crippen molar-refractivity contribution in [1.29, 1.82) is 0 Å². The zero-order chi connectivity index (χ0) is 8.97. The highest BCUT2D eigenvalue weighted by atomic mass is 16.1. The van der Waals surface area contributed by atoms with Crippen molar-refractivity contribution in [3.8, 4) is 0 Å². The van der Waals surface area contributed by atoms with Gasteiger partial charge in [0.05, 0.1) is 0 Å². The van der Waals surface area contributed by atoms with Crippen molar-refractivity contribution in [2.75, 3.05) is 0 Å². The summed E-state index contributed by atoms with van der Waals surface area (Å²) in [4.78, 5) is 15.2. The van der Waals surface area contributed by atoms with Crippen LogP contribution in [0.1, 0.15) is 24.4 Å². The van der Waals surface area contributed by atoms with Gasteiger partial charge in [-0.3, -0.25) is 9.78 Å². The highest BCUT2D eigenvalue weighted by Gasteiger charge is 2.06. The highest BCUT2D eigenvalue weighted by molar-refractivity contribution is 6.03. The van der Waals surface area contributed by atoms with Gasteiger partial charge in [-0.15, -0.1) is 0 Å². The molecule has 0 aromatic carbocycles. The summed E-state index contributed by atoms with van der Waals surface area (Å²) in [5.41, 5.74) is 1.50. The highest BCUT2D eigenvalue weighted by Crippen LogP contribution is 2.06. The Balaban J connectivity index is 0.00000144. The van der Waals surface area contributed by atoms with Crippen LogP contribution in [0.15, 0.2) is 31.0 Å². The van der Waals surface area contributed by atoms with Crippen molar-refractivity contribution < 1.29 is 6.22 Å². The molecule has 0 aliphatic heterocycles. The van der Waals surface area contributed by atoms with E-state index in [1.54, 1.807) is 6.20 Å². The number of nitrogens with zero attached hydrogens (tertiary/aromatic N) is 1. The van der Waals surface area contributed by atoms with Gasteiger partial charge in [0, 0.05) is 7.62 Å². The zero-order valence-corrected chi connectivity index (χ0v) is 7.08. The molecule has 1 aromatic rings. The molecule has 0 N–H and O–H groups in total. The lowest BCUT2D eigenvalue weighted by atomic mass is 10.1. The molecule has 0 saturated heterocycles. The van der Waals surface area contributed by atoms with Crippen LogP contribution >= 0.6 is 0 Å². The SMILES string of the molecule is C=CC(=O)c1ncccc1CC.[HH]. The van der Waals surface area contributed by atoms with Crippen molar-refractivity contribution in [3.63, 3.8) is 0 Å². The topological polar surface area (TPSA) is 30.0 Å². The first-order valence-electron chi connectivity index (χ1n) is 3.90. The van der Waals surface area contributed by atoms with Gasteiger partial charge in [0.25, 0.3) is 0 Å². The molecule has 0 aliphatic carbocycles. The lowest BCUT2D eigenvalue weighted by Gasteiger charge is -2.00. The Morgan fingerprint density at radius 2 is 2.58 bits per heavy atom. The van der Waals surface area contributed by atoms with Crippen LogP contribution in [0.2, 0.25) is 0 Å². The standard InChI is InChI=1S/C10H11NO.H2/c1-3-8-6-5-7-11-10(8)9(12)4-2;/h4-7H,2-3H2,1H3;1H. The Bertz CT molecular complexity index is 310. The second-order valence-corrected chi connectivity index (χ2v) is 2.43. The Morgan fingerprint density at radius 1 is 1.83 bits per heavy atom. The average Bonchev–Trinajstić information content (AvgIpc) is 2.16. The summed E-state index contributed by atoms with van der Waals surface area (Å²) < 4.78 is 0. The van der Waals surface area contributed by atoms with E-state index in [2.05, 4.69) is 11.6 Å².